The van der Waals surface area contributed by atoms with Crippen molar-refractivity contribution >= 4 is 23.6 Å². The molecule has 3 rings (SSSR count). The number of rotatable bonds is 16. The second-order valence-electron chi connectivity index (χ2n) is 8.87. The lowest BCUT2D eigenvalue weighted by molar-refractivity contribution is -0.136. The van der Waals surface area contributed by atoms with Crippen LogP contribution in [0.3, 0.4) is 0 Å². The second-order valence-corrected chi connectivity index (χ2v) is 8.87. The van der Waals surface area contributed by atoms with Gasteiger partial charge in [0, 0.05) is 17.7 Å². The zero-order valence-corrected chi connectivity index (χ0v) is 23.3. The molecular weight excluding hydrogens is 510 g/mol. The average molecular weight is 548 g/mol. The van der Waals surface area contributed by atoms with E-state index in [-0.39, 0.29) is 18.3 Å². The van der Waals surface area contributed by atoms with Crippen molar-refractivity contribution < 1.29 is 33.6 Å². The van der Waals surface area contributed by atoms with Crippen molar-refractivity contribution in [3.05, 3.63) is 89.2 Å². The van der Waals surface area contributed by atoms with Crippen LogP contribution < -0.4 is 19.5 Å². The molecule has 0 saturated carbocycles. The van der Waals surface area contributed by atoms with Crippen LogP contribution in [0.4, 0.5) is 5.69 Å². The highest BCUT2D eigenvalue weighted by molar-refractivity contribution is 6.04. The van der Waals surface area contributed by atoms with Crippen molar-refractivity contribution in [3.63, 3.8) is 0 Å². The lowest BCUT2D eigenvalue weighted by atomic mass is 10.1. The summed E-state index contributed by atoms with van der Waals surface area (Å²) in [5.41, 5.74) is 2.91. The molecular formula is C32H37NO7. The minimum atomic E-state index is -1.13. The van der Waals surface area contributed by atoms with Crippen molar-refractivity contribution in [2.24, 2.45) is 0 Å². The second kappa shape index (κ2) is 15.8. The monoisotopic (exact) mass is 547 g/mol. The Morgan fingerprint density at radius 2 is 1.62 bits per heavy atom. The molecule has 212 valence electrons. The maximum Gasteiger partial charge on any atom is 0.371 e. The minimum absolute atomic E-state index is 0.130. The Bertz CT molecular complexity index is 1280. The van der Waals surface area contributed by atoms with Gasteiger partial charge in [-0.1, -0.05) is 37.6 Å². The number of benzene rings is 3. The number of amides is 1. The summed E-state index contributed by atoms with van der Waals surface area (Å²) in [4.78, 5) is 24.1. The van der Waals surface area contributed by atoms with E-state index in [0.29, 0.717) is 60.3 Å². The van der Waals surface area contributed by atoms with E-state index in [4.69, 9.17) is 18.9 Å². The summed E-state index contributed by atoms with van der Waals surface area (Å²) in [7, 11) is 0. The Labute approximate surface area is 235 Å². The predicted molar refractivity (Wildman–Crippen MR) is 155 cm³/mol. The molecule has 2 N–H and O–H groups in total. The number of ether oxygens (including phenoxy) is 4. The number of aliphatic carboxylic acids is 1. The molecule has 0 aliphatic rings. The van der Waals surface area contributed by atoms with Crippen LogP contribution in [-0.2, 0) is 16.0 Å². The topological polar surface area (TPSA) is 103 Å². The normalized spacial score (nSPS) is 11.0. The predicted octanol–water partition coefficient (Wildman–Crippen LogP) is 6.60. The molecule has 8 nitrogen and oxygen atoms in total. The summed E-state index contributed by atoms with van der Waals surface area (Å²) in [5.74, 6) is 0.329. The molecule has 8 heteroatoms. The van der Waals surface area contributed by atoms with Gasteiger partial charge in [-0.3, -0.25) is 4.79 Å². The van der Waals surface area contributed by atoms with Crippen molar-refractivity contribution in [2.45, 2.75) is 40.0 Å². The lowest BCUT2D eigenvalue weighted by Crippen LogP contribution is -2.12. The third kappa shape index (κ3) is 9.38. The van der Waals surface area contributed by atoms with Crippen molar-refractivity contribution in [1.82, 2.24) is 0 Å². The minimum Gasteiger partial charge on any atom is -0.494 e. The number of unbranched alkanes of at least 4 members (excludes halogenated alkanes) is 1. The van der Waals surface area contributed by atoms with E-state index in [2.05, 4.69) is 12.2 Å². The molecule has 0 radical (unpaired) electrons. The van der Waals surface area contributed by atoms with Crippen LogP contribution in [-0.4, -0.2) is 43.4 Å². The zero-order chi connectivity index (χ0) is 28.7. The van der Waals surface area contributed by atoms with Gasteiger partial charge in [-0.05, 0) is 79.9 Å². The Kier molecular flexibility index (Phi) is 11.9. The summed E-state index contributed by atoms with van der Waals surface area (Å²) in [6.45, 7) is 7.45. The zero-order valence-electron chi connectivity index (χ0n) is 23.3. The molecule has 0 saturated heterocycles. The molecule has 0 bridgehead atoms. The average Bonchev–Trinajstić information content (AvgIpc) is 2.95. The first-order valence-corrected chi connectivity index (χ1v) is 13.5. The molecule has 40 heavy (non-hydrogen) atoms. The Morgan fingerprint density at radius 1 is 0.850 bits per heavy atom. The summed E-state index contributed by atoms with van der Waals surface area (Å²) >= 11 is 0. The van der Waals surface area contributed by atoms with Gasteiger partial charge in [0.05, 0.1) is 26.4 Å². The van der Waals surface area contributed by atoms with Crippen LogP contribution in [0.5, 0.6) is 17.2 Å². The van der Waals surface area contributed by atoms with Crippen LogP contribution in [0.15, 0.2) is 72.5 Å². The molecule has 3 aromatic rings. The van der Waals surface area contributed by atoms with Crippen LogP contribution in [0.2, 0.25) is 0 Å². The molecule has 0 fully saturated rings. The third-order valence-corrected chi connectivity index (χ3v) is 5.80. The summed E-state index contributed by atoms with van der Waals surface area (Å²) in [5, 5.41) is 12.3. The SMILES string of the molecule is CCCCOc1cc(/C=C(\OCC)C(=O)O)ccc1OCCc1ccc(NC(=O)c2cccc(OCC)c2)cc1. The van der Waals surface area contributed by atoms with E-state index in [9.17, 15) is 14.7 Å². The molecule has 0 aliphatic heterocycles. The highest BCUT2D eigenvalue weighted by atomic mass is 16.5. The number of anilines is 1. The highest BCUT2D eigenvalue weighted by Gasteiger charge is 2.12. The standard InChI is InChI=1S/C32H37NO7/c1-4-7-18-39-29-20-24(21-30(32(35)36)38-6-3)13-16-28(29)40-19-17-23-11-14-26(15-12-23)33-31(34)25-9-8-10-27(22-25)37-5-2/h8-16,20-22H,4-7,17-19H2,1-3H3,(H,33,34)(H,35,36)/b30-21-. The Hall–Kier alpha value is -4.46. The van der Waals surface area contributed by atoms with Gasteiger partial charge in [0.15, 0.2) is 11.5 Å². The van der Waals surface area contributed by atoms with E-state index in [1.54, 1.807) is 43.3 Å². The summed E-state index contributed by atoms with van der Waals surface area (Å²) in [6.07, 6.45) is 3.99. The third-order valence-electron chi connectivity index (χ3n) is 5.80. The number of carbonyl (C=O) groups is 2. The van der Waals surface area contributed by atoms with Gasteiger partial charge in [-0.2, -0.15) is 0 Å². The van der Waals surface area contributed by atoms with Gasteiger partial charge in [-0.15, -0.1) is 0 Å². The molecule has 0 aliphatic carbocycles. The fraction of sp³-hybridized carbons (Fsp3) is 0.312. The van der Waals surface area contributed by atoms with Gasteiger partial charge in [0.2, 0.25) is 5.76 Å². The molecule has 1 amide bonds. The number of carboxylic acids is 1. The quantitative estimate of drug-likeness (QED) is 0.118. The lowest BCUT2D eigenvalue weighted by Gasteiger charge is -2.14. The van der Waals surface area contributed by atoms with Gasteiger partial charge < -0.3 is 29.4 Å². The van der Waals surface area contributed by atoms with E-state index in [1.807, 2.05) is 37.3 Å². The van der Waals surface area contributed by atoms with Crippen molar-refractivity contribution in [1.29, 1.82) is 0 Å². The van der Waals surface area contributed by atoms with Gasteiger partial charge in [-0.25, -0.2) is 4.79 Å². The number of nitrogens with one attached hydrogen (secondary N) is 1. The smallest absolute Gasteiger partial charge is 0.371 e. The number of hydrogen-bond donors (Lipinski definition) is 2. The Morgan fingerprint density at radius 3 is 2.33 bits per heavy atom. The number of hydrogen-bond acceptors (Lipinski definition) is 6. The summed E-state index contributed by atoms with van der Waals surface area (Å²) in [6, 6.07) is 20.0. The number of carbonyl (C=O) groups excluding carboxylic acids is 1. The molecule has 0 heterocycles. The van der Waals surface area contributed by atoms with Gasteiger partial charge >= 0.3 is 5.97 Å². The first-order valence-electron chi connectivity index (χ1n) is 13.5. The maximum atomic E-state index is 12.6. The van der Waals surface area contributed by atoms with Crippen molar-refractivity contribution in [3.8, 4) is 17.2 Å². The fourth-order valence-corrected chi connectivity index (χ4v) is 3.78. The van der Waals surface area contributed by atoms with Gasteiger partial charge in [0.1, 0.15) is 5.75 Å². The van der Waals surface area contributed by atoms with E-state index < -0.39 is 5.97 Å². The largest absolute Gasteiger partial charge is 0.494 e. The van der Waals surface area contributed by atoms with Gasteiger partial charge in [0.25, 0.3) is 5.91 Å². The fourth-order valence-electron chi connectivity index (χ4n) is 3.78. The molecule has 3 aromatic carbocycles. The van der Waals surface area contributed by atoms with Crippen LogP contribution in [0, 0.1) is 0 Å². The van der Waals surface area contributed by atoms with E-state index in [0.717, 1.165) is 18.4 Å². The number of carboxylic acid groups (broad SMARTS) is 1. The van der Waals surface area contributed by atoms with Crippen LogP contribution in [0.1, 0.15) is 55.1 Å². The molecule has 0 spiro atoms. The highest BCUT2D eigenvalue weighted by Crippen LogP contribution is 2.30. The van der Waals surface area contributed by atoms with Crippen molar-refractivity contribution in [2.75, 3.05) is 31.7 Å². The van der Waals surface area contributed by atoms with E-state index in [1.165, 1.54) is 6.08 Å². The summed E-state index contributed by atoms with van der Waals surface area (Å²) < 4.78 is 22.7. The molecule has 0 aromatic heterocycles. The van der Waals surface area contributed by atoms with E-state index >= 15 is 0 Å². The Balaban J connectivity index is 1.61. The molecule has 0 atom stereocenters. The molecule has 0 unspecified atom stereocenters. The van der Waals surface area contributed by atoms with Crippen LogP contribution in [0.25, 0.3) is 6.08 Å². The maximum absolute atomic E-state index is 12.6. The first-order chi connectivity index (χ1) is 19.4. The first kappa shape index (κ1) is 30.1. The van der Waals surface area contributed by atoms with Crippen LogP contribution >= 0.6 is 0 Å².